The van der Waals surface area contributed by atoms with Crippen LogP contribution < -0.4 is 0 Å². The first kappa shape index (κ1) is 8.10. The SMILES string of the molecule is [N-]=[N+]=NC1c2ccccc2CC1O. The first-order chi connectivity index (χ1) is 6.33. The third kappa shape index (κ3) is 1.26. The first-order valence-electron chi connectivity index (χ1n) is 4.13. The fourth-order valence-electron chi connectivity index (χ4n) is 1.75. The van der Waals surface area contributed by atoms with Crippen molar-refractivity contribution in [3.63, 3.8) is 0 Å². The van der Waals surface area contributed by atoms with E-state index in [4.69, 9.17) is 5.53 Å². The van der Waals surface area contributed by atoms with E-state index >= 15 is 0 Å². The molecule has 0 saturated heterocycles. The molecule has 1 N–H and O–H groups in total. The van der Waals surface area contributed by atoms with Gasteiger partial charge in [-0.3, -0.25) is 0 Å². The Bertz CT molecular complexity index is 371. The van der Waals surface area contributed by atoms with Crippen LogP contribution in [0.2, 0.25) is 0 Å². The summed E-state index contributed by atoms with van der Waals surface area (Å²) in [5, 5.41) is 13.2. The molecule has 0 aliphatic heterocycles. The number of benzene rings is 1. The Labute approximate surface area is 75.4 Å². The van der Waals surface area contributed by atoms with Crippen LogP contribution in [0.1, 0.15) is 17.2 Å². The molecule has 13 heavy (non-hydrogen) atoms. The number of aliphatic hydroxyl groups excluding tert-OH is 1. The zero-order valence-electron chi connectivity index (χ0n) is 6.96. The van der Waals surface area contributed by atoms with E-state index in [-0.39, 0.29) is 0 Å². The number of hydrogen-bond acceptors (Lipinski definition) is 2. The molecule has 0 amide bonds. The molecule has 0 aromatic heterocycles. The molecule has 2 atom stereocenters. The number of hydrogen-bond donors (Lipinski definition) is 1. The lowest BCUT2D eigenvalue weighted by Crippen LogP contribution is -2.10. The highest BCUT2D eigenvalue weighted by atomic mass is 16.3. The van der Waals surface area contributed by atoms with E-state index in [0.29, 0.717) is 6.42 Å². The van der Waals surface area contributed by atoms with Crippen molar-refractivity contribution in [2.75, 3.05) is 0 Å². The van der Waals surface area contributed by atoms with Gasteiger partial charge in [-0.25, -0.2) is 0 Å². The van der Waals surface area contributed by atoms with Crippen LogP contribution in [0.3, 0.4) is 0 Å². The summed E-state index contributed by atoms with van der Waals surface area (Å²) in [6.45, 7) is 0. The van der Waals surface area contributed by atoms with Crippen LogP contribution in [0.15, 0.2) is 29.4 Å². The van der Waals surface area contributed by atoms with E-state index in [0.717, 1.165) is 11.1 Å². The summed E-state index contributed by atoms with van der Waals surface area (Å²) in [6.07, 6.45) is 0.0214. The van der Waals surface area contributed by atoms with Gasteiger partial charge in [0.05, 0.1) is 12.1 Å². The lowest BCUT2D eigenvalue weighted by Gasteiger charge is -2.07. The molecule has 1 aliphatic rings. The van der Waals surface area contributed by atoms with E-state index in [2.05, 4.69) is 10.0 Å². The molecule has 66 valence electrons. The van der Waals surface area contributed by atoms with Crippen molar-refractivity contribution in [2.24, 2.45) is 5.11 Å². The van der Waals surface area contributed by atoms with E-state index in [1.807, 2.05) is 24.3 Å². The van der Waals surface area contributed by atoms with Gasteiger partial charge in [0.2, 0.25) is 0 Å². The monoisotopic (exact) mass is 175 g/mol. The lowest BCUT2D eigenvalue weighted by atomic mass is 10.1. The quantitative estimate of drug-likeness (QED) is 0.395. The second-order valence-electron chi connectivity index (χ2n) is 3.12. The molecule has 1 aromatic carbocycles. The van der Waals surface area contributed by atoms with Crippen LogP contribution in [0, 0.1) is 0 Å². The summed E-state index contributed by atoms with van der Waals surface area (Å²) in [6, 6.07) is 7.25. The van der Waals surface area contributed by atoms with Gasteiger partial charge < -0.3 is 5.11 Å². The van der Waals surface area contributed by atoms with Crippen LogP contribution in [0.5, 0.6) is 0 Å². The van der Waals surface area contributed by atoms with Crippen LogP contribution in [-0.4, -0.2) is 11.2 Å². The van der Waals surface area contributed by atoms with Gasteiger partial charge in [-0.2, -0.15) is 0 Å². The summed E-state index contributed by atoms with van der Waals surface area (Å²) in [5.41, 5.74) is 10.3. The summed E-state index contributed by atoms with van der Waals surface area (Å²) in [5.74, 6) is 0. The predicted molar refractivity (Wildman–Crippen MR) is 48.0 cm³/mol. The maximum Gasteiger partial charge on any atom is 0.0890 e. The van der Waals surface area contributed by atoms with Crippen LogP contribution in [-0.2, 0) is 6.42 Å². The summed E-state index contributed by atoms with van der Waals surface area (Å²) < 4.78 is 0. The minimum absolute atomic E-state index is 0.402. The standard InChI is InChI=1S/C9H9N3O/c10-12-11-9-7-4-2-1-3-6(7)5-8(9)13/h1-4,8-9,13H,5H2. The van der Waals surface area contributed by atoms with E-state index < -0.39 is 12.1 Å². The Morgan fingerprint density at radius 3 is 3.00 bits per heavy atom. The van der Waals surface area contributed by atoms with Gasteiger partial charge in [0.1, 0.15) is 0 Å². The van der Waals surface area contributed by atoms with E-state index in [9.17, 15) is 5.11 Å². The Morgan fingerprint density at radius 1 is 1.46 bits per heavy atom. The Morgan fingerprint density at radius 2 is 2.23 bits per heavy atom. The molecule has 0 spiro atoms. The third-order valence-electron chi connectivity index (χ3n) is 2.34. The normalized spacial score (nSPS) is 25.0. The second kappa shape index (κ2) is 3.09. The highest BCUT2D eigenvalue weighted by molar-refractivity contribution is 5.36. The van der Waals surface area contributed by atoms with Gasteiger partial charge in [-0.15, -0.1) is 0 Å². The molecule has 0 radical (unpaired) electrons. The van der Waals surface area contributed by atoms with Gasteiger partial charge in [0, 0.05) is 4.91 Å². The number of azide groups is 1. The van der Waals surface area contributed by atoms with Crippen molar-refractivity contribution < 1.29 is 5.11 Å². The molecular formula is C9H9N3O. The Hall–Kier alpha value is -1.51. The number of aliphatic hydroxyl groups is 1. The summed E-state index contributed by atoms with van der Waals surface area (Å²) in [4.78, 5) is 2.73. The fraction of sp³-hybridized carbons (Fsp3) is 0.333. The Balaban J connectivity index is 2.46. The average Bonchev–Trinajstić information content (AvgIpc) is 2.44. The van der Waals surface area contributed by atoms with Crippen molar-refractivity contribution >= 4 is 0 Å². The molecule has 1 aromatic rings. The molecule has 0 fully saturated rings. The lowest BCUT2D eigenvalue weighted by molar-refractivity contribution is 0.158. The number of nitrogens with zero attached hydrogens (tertiary/aromatic N) is 3. The minimum Gasteiger partial charge on any atom is -0.392 e. The predicted octanol–water partition coefficient (Wildman–Crippen LogP) is 1.95. The topological polar surface area (TPSA) is 69.0 Å². The molecular weight excluding hydrogens is 166 g/mol. The van der Waals surface area contributed by atoms with Gasteiger partial charge >= 0.3 is 0 Å². The fourth-order valence-corrected chi connectivity index (χ4v) is 1.75. The van der Waals surface area contributed by atoms with Crippen molar-refractivity contribution in [1.82, 2.24) is 0 Å². The maximum atomic E-state index is 9.58. The van der Waals surface area contributed by atoms with Gasteiger partial charge in [0.15, 0.2) is 0 Å². The smallest absolute Gasteiger partial charge is 0.0890 e. The van der Waals surface area contributed by atoms with Gasteiger partial charge in [-0.05, 0) is 23.1 Å². The number of rotatable bonds is 1. The van der Waals surface area contributed by atoms with Crippen molar-refractivity contribution in [3.8, 4) is 0 Å². The molecule has 0 saturated carbocycles. The summed E-state index contributed by atoms with van der Waals surface area (Å²) >= 11 is 0. The highest BCUT2D eigenvalue weighted by Crippen LogP contribution is 2.34. The molecule has 4 heteroatoms. The van der Waals surface area contributed by atoms with E-state index in [1.165, 1.54) is 0 Å². The van der Waals surface area contributed by atoms with Crippen LogP contribution >= 0.6 is 0 Å². The van der Waals surface area contributed by atoms with Crippen LogP contribution in [0.4, 0.5) is 0 Å². The minimum atomic E-state index is -0.562. The second-order valence-corrected chi connectivity index (χ2v) is 3.12. The molecule has 0 heterocycles. The highest BCUT2D eigenvalue weighted by Gasteiger charge is 2.29. The molecule has 4 nitrogen and oxygen atoms in total. The van der Waals surface area contributed by atoms with Crippen molar-refractivity contribution in [3.05, 3.63) is 45.8 Å². The Kier molecular flexibility index (Phi) is 1.93. The largest absolute Gasteiger partial charge is 0.392 e. The molecule has 1 aliphatic carbocycles. The summed E-state index contributed by atoms with van der Waals surface area (Å²) in [7, 11) is 0. The molecule has 2 unspecified atom stereocenters. The van der Waals surface area contributed by atoms with Crippen molar-refractivity contribution in [2.45, 2.75) is 18.6 Å². The zero-order valence-corrected chi connectivity index (χ0v) is 6.96. The van der Waals surface area contributed by atoms with Crippen LogP contribution in [0.25, 0.3) is 10.4 Å². The van der Waals surface area contributed by atoms with E-state index in [1.54, 1.807) is 0 Å². The molecule has 2 rings (SSSR count). The average molecular weight is 175 g/mol. The van der Waals surface area contributed by atoms with Gasteiger partial charge in [0.25, 0.3) is 0 Å². The van der Waals surface area contributed by atoms with Gasteiger partial charge in [-0.1, -0.05) is 29.4 Å². The molecule has 0 bridgehead atoms. The number of fused-ring (bicyclic) bond motifs is 1. The van der Waals surface area contributed by atoms with Crippen molar-refractivity contribution in [1.29, 1.82) is 0 Å². The zero-order chi connectivity index (χ0) is 9.26. The maximum absolute atomic E-state index is 9.58. The first-order valence-corrected chi connectivity index (χ1v) is 4.13. The third-order valence-corrected chi connectivity index (χ3v) is 2.34.